The summed E-state index contributed by atoms with van der Waals surface area (Å²) in [6.07, 6.45) is 5.15. The molecule has 32 heavy (non-hydrogen) atoms. The van der Waals surface area contributed by atoms with Crippen molar-refractivity contribution in [2.24, 2.45) is 4.99 Å². The third-order valence-electron chi connectivity index (χ3n) is 5.01. The molecular formula is C24H23N3O4S. The van der Waals surface area contributed by atoms with Crippen molar-refractivity contribution in [1.29, 1.82) is 0 Å². The Kier molecular flexibility index (Phi) is 6.32. The zero-order valence-corrected chi connectivity index (χ0v) is 18.9. The zero-order chi connectivity index (χ0) is 22.7. The van der Waals surface area contributed by atoms with E-state index in [1.165, 1.54) is 11.3 Å². The first kappa shape index (κ1) is 21.7. The van der Waals surface area contributed by atoms with Crippen LogP contribution in [-0.4, -0.2) is 28.7 Å². The van der Waals surface area contributed by atoms with Gasteiger partial charge in [-0.1, -0.05) is 35.6 Å². The van der Waals surface area contributed by atoms with Crippen molar-refractivity contribution in [1.82, 2.24) is 9.55 Å². The standard InChI is InChI=1S/C24H23N3O4S/c1-4-30-18-11-7-6-10-17(18)21-20(23(29)31-5-2)15(3)26-24-27(21)22(28)19(32-24)13-16-9-8-12-25-14-16/h6-14,21H,4-5H2,1-3H3/b19-13-/t21-/m0/s1. The molecule has 3 aromatic rings. The van der Waals surface area contributed by atoms with E-state index in [-0.39, 0.29) is 12.2 Å². The molecule has 0 radical (unpaired) electrons. The fraction of sp³-hybridized carbons (Fsp3) is 0.250. The van der Waals surface area contributed by atoms with Crippen LogP contribution in [0.2, 0.25) is 0 Å². The Labute approximate surface area is 189 Å². The van der Waals surface area contributed by atoms with Crippen LogP contribution in [0.5, 0.6) is 5.75 Å². The molecule has 2 aromatic heterocycles. The molecule has 1 aliphatic rings. The van der Waals surface area contributed by atoms with Gasteiger partial charge in [-0.25, -0.2) is 9.79 Å². The molecule has 0 saturated heterocycles. The Balaban J connectivity index is 1.99. The molecule has 0 saturated carbocycles. The number of aromatic nitrogens is 2. The Morgan fingerprint density at radius 1 is 1.19 bits per heavy atom. The number of pyridine rings is 1. The fourth-order valence-electron chi connectivity index (χ4n) is 3.69. The van der Waals surface area contributed by atoms with Gasteiger partial charge in [-0.2, -0.15) is 0 Å². The average molecular weight is 450 g/mol. The van der Waals surface area contributed by atoms with Gasteiger partial charge in [0.2, 0.25) is 0 Å². The van der Waals surface area contributed by atoms with E-state index in [4.69, 9.17) is 9.47 Å². The Bertz CT molecular complexity index is 1360. The maximum atomic E-state index is 13.5. The number of carbonyl (C=O) groups is 1. The SMILES string of the molecule is CCOC(=O)C1=C(C)N=c2s/c(=C\c3cccnc3)c(=O)n2[C@H]1c1ccccc1OCC. The van der Waals surface area contributed by atoms with Crippen LogP contribution in [0.4, 0.5) is 0 Å². The maximum Gasteiger partial charge on any atom is 0.338 e. The minimum absolute atomic E-state index is 0.223. The van der Waals surface area contributed by atoms with Gasteiger partial charge in [0.1, 0.15) is 11.8 Å². The normalized spacial score (nSPS) is 15.8. The summed E-state index contributed by atoms with van der Waals surface area (Å²) >= 11 is 1.28. The number of ether oxygens (including phenoxy) is 2. The third kappa shape index (κ3) is 4.01. The van der Waals surface area contributed by atoms with Gasteiger partial charge in [-0.15, -0.1) is 0 Å². The summed E-state index contributed by atoms with van der Waals surface area (Å²) in [6.45, 7) is 6.09. The molecule has 0 spiro atoms. The molecule has 0 aliphatic carbocycles. The number of thiazole rings is 1. The molecular weight excluding hydrogens is 426 g/mol. The first-order valence-corrected chi connectivity index (χ1v) is 11.2. The quantitative estimate of drug-likeness (QED) is 0.540. The molecule has 164 valence electrons. The van der Waals surface area contributed by atoms with E-state index in [1.807, 2.05) is 43.3 Å². The molecule has 1 atom stereocenters. The van der Waals surface area contributed by atoms with Crippen molar-refractivity contribution in [3.63, 3.8) is 0 Å². The maximum absolute atomic E-state index is 13.5. The van der Waals surface area contributed by atoms with Crippen LogP contribution in [0.25, 0.3) is 6.08 Å². The van der Waals surface area contributed by atoms with Gasteiger partial charge < -0.3 is 9.47 Å². The largest absolute Gasteiger partial charge is 0.494 e. The predicted octanol–water partition coefficient (Wildman–Crippen LogP) is 2.59. The molecule has 7 nitrogen and oxygen atoms in total. The monoisotopic (exact) mass is 449 g/mol. The molecule has 0 bridgehead atoms. The van der Waals surface area contributed by atoms with Crippen LogP contribution in [0.3, 0.4) is 0 Å². The number of carbonyl (C=O) groups excluding carboxylic acids is 1. The predicted molar refractivity (Wildman–Crippen MR) is 122 cm³/mol. The van der Waals surface area contributed by atoms with Crippen LogP contribution in [-0.2, 0) is 9.53 Å². The minimum Gasteiger partial charge on any atom is -0.494 e. The Hall–Kier alpha value is -3.52. The van der Waals surface area contributed by atoms with Crippen molar-refractivity contribution in [3.8, 4) is 5.75 Å². The highest BCUT2D eigenvalue weighted by molar-refractivity contribution is 7.07. The first-order valence-electron chi connectivity index (χ1n) is 10.4. The van der Waals surface area contributed by atoms with E-state index >= 15 is 0 Å². The molecule has 4 rings (SSSR count). The summed E-state index contributed by atoms with van der Waals surface area (Å²) < 4.78 is 13.2. The summed E-state index contributed by atoms with van der Waals surface area (Å²) in [5.41, 5.74) is 2.14. The van der Waals surface area contributed by atoms with Gasteiger partial charge in [-0.05, 0) is 44.5 Å². The highest BCUT2D eigenvalue weighted by Gasteiger charge is 2.34. The first-order chi connectivity index (χ1) is 15.5. The lowest BCUT2D eigenvalue weighted by molar-refractivity contribution is -0.139. The van der Waals surface area contributed by atoms with Crippen LogP contribution < -0.4 is 19.6 Å². The van der Waals surface area contributed by atoms with Gasteiger partial charge in [0.05, 0.1) is 29.0 Å². The van der Waals surface area contributed by atoms with E-state index in [0.29, 0.717) is 38.5 Å². The average Bonchev–Trinajstić information content (AvgIpc) is 3.09. The second-order valence-corrected chi connectivity index (χ2v) is 8.07. The molecule has 1 aliphatic heterocycles. The Morgan fingerprint density at radius 3 is 2.72 bits per heavy atom. The fourth-order valence-corrected chi connectivity index (χ4v) is 4.74. The Morgan fingerprint density at radius 2 is 2.00 bits per heavy atom. The van der Waals surface area contributed by atoms with Crippen molar-refractivity contribution >= 4 is 23.4 Å². The number of nitrogens with zero attached hydrogens (tertiary/aromatic N) is 3. The van der Waals surface area contributed by atoms with E-state index in [0.717, 1.165) is 5.56 Å². The molecule has 1 aromatic carbocycles. The number of hydrogen-bond acceptors (Lipinski definition) is 7. The molecule has 3 heterocycles. The van der Waals surface area contributed by atoms with Crippen molar-refractivity contribution in [2.45, 2.75) is 26.8 Å². The lowest BCUT2D eigenvalue weighted by Crippen LogP contribution is -2.40. The molecule has 0 amide bonds. The summed E-state index contributed by atoms with van der Waals surface area (Å²) in [5, 5.41) is 0. The lowest BCUT2D eigenvalue weighted by atomic mass is 9.95. The van der Waals surface area contributed by atoms with E-state index < -0.39 is 12.0 Å². The van der Waals surface area contributed by atoms with Crippen LogP contribution in [0.1, 0.15) is 37.9 Å². The lowest BCUT2D eigenvalue weighted by Gasteiger charge is -2.26. The van der Waals surface area contributed by atoms with E-state index in [2.05, 4.69) is 9.98 Å². The topological polar surface area (TPSA) is 82.8 Å². The number of fused-ring (bicyclic) bond motifs is 1. The second-order valence-electron chi connectivity index (χ2n) is 7.06. The number of benzene rings is 1. The molecule has 0 unspecified atom stereocenters. The van der Waals surface area contributed by atoms with E-state index in [9.17, 15) is 9.59 Å². The van der Waals surface area contributed by atoms with Crippen LogP contribution in [0, 0.1) is 0 Å². The number of rotatable bonds is 6. The van der Waals surface area contributed by atoms with Gasteiger partial charge >= 0.3 is 5.97 Å². The van der Waals surface area contributed by atoms with Crippen LogP contribution in [0.15, 0.2) is 69.8 Å². The number of esters is 1. The summed E-state index contributed by atoms with van der Waals surface area (Å²) in [4.78, 5) is 35.7. The number of para-hydroxylation sites is 1. The van der Waals surface area contributed by atoms with Crippen molar-refractivity contribution in [2.75, 3.05) is 13.2 Å². The number of allylic oxidation sites excluding steroid dienone is 1. The second kappa shape index (κ2) is 9.32. The zero-order valence-electron chi connectivity index (χ0n) is 18.1. The minimum atomic E-state index is -0.705. The highest BCUT2D eigenvalue weighted by Crippen LogP contribution is 2.35. The van der Waals surface area contributed by atoms with Gasteiger partial charge in [0.25, 0.3) is 5.56 Å². The van der Waals surface area contributed by atoms with E-state index in [1.54, 1.807) is 36.9 Å². The molecule has 8 heteroatoms. The van der Waals surface area contributed by atoms with Crippen LogP contribution >= 0.6 is 11.3 Å². The summed E-state index contributed by atoms with van der Waals surface area (Å²) in [6, 6.07) is 10.4. The summed E-state index contributed by atoms with van der Waals surface area (Å²) in [5.74, 6) is 0.116. The number of hydrogen-bond donors (Lipinski definition) is 0. The van der Waals surface area contributed by atoms with Gasteiger partial charge in [0, 0.05) is 18.0 Å². The van der Waals surface area contributed by atoms with Gasteiger partial charge in [-0.3, -0.25) is 14.3 Å². The molecule has 0 N–H and O–H groups in total. The summed E-state index contributed by atoms with van der Waals surface area (Å²) in [7, 11) is 0. The molecule has 0 fully saturated rings. The highest BCUT2D eigenvalue weighted by atomic mass is 32.1. The third-order valence-corrected chi connectivity index (χ3v) is 6.00. The van der Waals surface area contributed by atoms with Crippen molar-refractivity contribution in [3.05, 3.63) is 90.9 Å². The van der Waals surface area contributed by atoms with Gasteiger partial charge in [0.15, 0.2) is 4.80 Å². The van der Waals surface area contributed by atoms with Crippen molar-refractivity contribution < 1.29 is 14.3 Å². The smallest absolute Gasteiger partial charge is 0.338 e.